The van der Waals surface area contributed by atoms with E-state index in [2.05, 4.69) is 20.6 Å². The van der Waals surface area contributed by atoms with Gasteiger partial charge in [0, 0.05) is 49.4 Å². The van der Waals surface area contributed by atoms with Crippen LogP contribution in [0.2, 0.25) is 0 Å². The molecule has 0 unspecified atom stereocenters. The molecule has 1 aliphatic rings. The molecule has 1 fully saturated rings. The van der Waals surface area contributed by atoms with Gasteiger partial charge in [-0.2, -0.15) is 0 Å². The van der Waals surface area contributed by atoms with Crippen LogP contribution in [0.15, 0.2) is 55.1 Å². The number of hydrogen-bond donors (Lipinski definition) is 0. The van der Waals surface area contributed by atoms with Gasteiger partial charge in [0.15, 0.2) is 0 Å². The fraction of sp³-hybridized carbons (Fsp3) is 0.318. The van der Waals surface area contributed by atoms with Crippen LogP contribution in [0.5, 0.6) is 0 Å². The van der Waals surface area contributed by atoms with E-state index in [-0.39, 0.29) is 11.7 Å². The molecule has 1 aliphatic heterocycles. The molecule has 0 N–H and O–H groups in total. The zero-order valence-corrected chi connectivity index (χ0v) is 15.9. The number of benzene rings is 1. The minimum Gasteiger partial charge on any atom is -0.339 e. The second kappa shape index (κ2) is 7.92. The van der Waals surface area contributed by atoms with Crippen molar-refractivity contribution in [2.75, 3.05) is 13.1 Å². The van der Waals surface area contributed by atoms with Gasteiger partial charge in [-0.05, 0) is 49.1 Å². The number of carbonyl (C=O) groups excluding carboxylic acids is 1. The van der Waals surface area contributed by atoms with Crippen LogP contribution in [0.1, 0.15) is 46.1 Å². The van der Waals surface area contributed by atoms with Crippen LogP contribution in [0.3, 0.4) is 0 Å². The summed E-state index contributed by atoms with van der Waals surface area (Å²) in [7, 11) is 0. The van der Waals surface area contributed by atoms with Crippen molar-refractivity contribution < 1.29 is 9.18 Å². The number of pyridine rings is 1. The lowest BCUT2D eigenvalue weighted by Crippen LogP contribution is -2.38. The standard InChI is InChI=1S/C22H23FN4O/c1-16-4-5-19(13-20(16)23)22(28)26-10-6-18(7-11-26)21-25-9-12-27(21)15-17-3-2-8-24-14-17/h2-5,8-9,12-14,18H,6-7,10-11,15H2,1H3. The minimum atomic E-state index is -0.335. The molecule has 144 valence electrons. The van der Waals surface area contributed by atoms with E-state index in [4.69, 9.17) is 0 Å². The summed E-state index contributed by atoms with van der Waals surface area (Å²) in [6.45, 7) is 3.74. The lowest BCUT2D eigenvalue weighted by molar-refractivity contribution is 0.0710. The molecule has 28 heavy (non-hydrogen) atoms. The van der Waals surface area contributed by atoms with Crippen molar-refractivity contribution in [1.82, 2.24) is 19.4 Å². The predicted octanol–water partition coefficient (Wildman–Crippen LogP) is 3.79. The Balaban J connectivity index is 1.41. The number of aryl methyl sites for hydroxylation is 1. The number of halogens is 1. The Hall–Kier alpha value is -3.02. The van der Waals surface area contributed by atoms with E-state index < -0.39 is 0 Å². The number of likely N-dealkylation sites (tertiary alicyclic amines) is 1. The summed E-state index contributed by atoms with van der Waals surface area (Å²) in [6.07, 6.45) is 9.16. The summed E-state index contributed by atoms with van der Waals surface area (Å²) in [4.78, 5) is 23.3. The number of carbonyl (C=O) groups is 1. The maximum absolute atomic E-state index is 13.8. The second-order valence-corrected chi connectivity index (χ2v) is 7.31. The summed E-state index contributed by atoms with van der Waals surface area (Å²) >= 11 is 0. The zero-order valence-electron chi connectivity index (χ0n) is 15.9. The second-order valence-electron chi connectivity index (χ2n) is 7.31. The number of rotatable bonds is 4. The van der Waals surface area contributed by atoms with Gasteiger partial charge in [-0.3, -0.25) is 9.78 Å². The number of hydrogen-bond acceptors (Lipinski definition) is 3. The lowest BCUT2D eigenvalue weighted by Gasteiger charge is -2.32. The maximum Gasteiger partial charge on any atom is 0.253 e. The van der Waals surface area contributed by atoms with Crippen molar-refractivity contribution in [3.8, 4) is 0 Å². The Morgan fingerprint density at radius 1 is 1.21 bits per heavy atom. The SMILES string of the molecule is Cc1ccc(C(=O)N2CCC(c3nccn3Cc3cccnc3)CC2)cc1F. The fourth-order valence-corrected chi connectivity index (χ4v) is 3.75. The molecule has 0 bridgehead atoms. The molecule has 0 saturated carbocycles. The Bertz CT molecular complexity index is 962. The van der Waals surface area contributed by atoms with Gasteiger partial charge in [-0.1, -0.05) is 12.1 Å². The first kappa shape index (κ1) is 18.3. The molecular weight excluding hydrogens is 355 g/mol. The molecule has 5 nitrogen and oxygen atoms in total. The normalized spacial score (nSPS) is 15.0. The summed E-state index contributed by atoms with van der Waals surface area (Å²) < 4.78 is 16.0. The van der Waals surface area contributed by atoms with E-state index in [1.54, 1.807) is 25.3 Å². The third-order valence-corrected chi connectivity index (χ3v) is 5.39. The monoisotopic (exact) mass is 378 g/mol. The highest BCUT2D eigenvalue weighted by Gasteiger charge is 2.27. The van der Waals surface area contributed by atoms with Crippen LogP contribution >= 0.6 is 0 Å². The maximum atomic E-state index is 13.8. The third kappa shape index (κ3) is 3.81. The van der Waals surface area contributed by atoms with Crippen molar-refractivity contribution in [2.45, 2.75) is 32.2 Å². The highest BCUT2D eigenvalue weighted by atomic mass is 19.1. The molecule has 1 saturated heterocycles. The highest BCUT2D eigenvalue weighted by Crippen LogP contribution is 2.28. The quantitative estimate of drug-likeness (QED) is 0.694. The zero-order chi connectivity index (χ0) is 19.5. The van der Waals surface area contributed by atoms with E-state index in [0.29, 0.717) is 30.1 Å². The molecule has 0 spiro atoms. The van der Waals surface area contributed by atoms with Crippen LogP contribution in [-0.4, -0.2) is 38.4 Å². The smallest absolute Gasteiger partial charge is 0.253 e. The van der Waals surface area contributed by atoms with Gasteiger partial charge < -0.3 is 9.47 Å². The first-order valence-corrected chi connectivity index (χ1v) is 9.57. The van der Waals surface area contributed by atoms with Crippen LogP contribution in [0, 0.1) is 12.7 Å². The van der Waals surface area contributed by atoms with E-state index in [9.17, 15) is 9.18 Å². The molecule has 1 aromatic carbocycles. The third-order valence-electron chi connectivity index (χ3n) is 5.39. The van der Waals surface area contributed by atoms with E-state index in [1.165, 1.54) is 6.07 Å². The van der Waals surface area contributed by atoms with Crippen LogP contribution in [-0.2, 0) is 6.54 Å². The van der Waals surface area contributed by atoms with Crippen LogP contribution < -0.4 is 0 Å². The van der Waals surface area contributed by atoms with Crippen molar-refractivity contribution >= 4 is 5.91 Å². The first-order chi connectivity index (χ1) is 13.6. The topological polar surface area (TPSA) is 51.0 Å². The first-order valence-electron chi connectivity index (χ1n) is 9.57. The van der Waals surface area contributed by atoms with Crippen LogP contribution in [0.25, 0.3) is 0 Å². The molecule has 0 atom stereocenters. The molecule has 6 heteroatoms. The van der Waals surface area contributed by atoms with Crippen molar-refractivity contribution in [3.63, 3.8) is 0 Å². The average Bonchev–Trinajstić information content (AvgIpc) is 3.18. The van der Waals surface area contributed by atoms with Gasteiger partial charge in [0.25, 0.3) is 5.91 Å². The van der Waals surface area contributed by atoms with Gasteiger partial charge >= 0.3 is 0 Å². The number of nitrogens with zero attached hydrogens (tertiary/aromatic N) is 4. The molecule has 1 amide bonds. The summed E-state index contributed by atoms with van der Waals surface area (Å²) in [6, 6.07) is 8.69. The Kier molecular flexibility index (Phi) is 5.19. The van der Waals surface area contributed by atoms with Crippen molar-refractivity contribution in [2.24, 2.45) is 0 Å². The van der Waals surface area contributed by atoms with Crippen molar-refractivity contribution in [1.29, 1.82) is 0 Å². The average molecular weight is 378 g/mol. The molecule has 0 aliphatic carbocycles. The van der Waals surface area contributed by atoms with Gasteiger partial charge in [-0.25, -0.2) is 9.37 Å². The van der Waals surface area contributed by atoms with Crippen molar-refractivity contribution in [3.05, 3.63) is 83.5 Å². The highest BCUT2D eigenvalue weighted by molar-refractivity contribution is 5.94. The van der Waals surface area contributed by atoms with Gasteiger partial charge in [0.1, 0.15) is 11.6 Å². The van der Waals surface area contributed by atoms with Gasteiger partial charge in [-0.15, -0.1) is 0 Å². The summed E-state index contributed by atoms with van der Waals surface area (Å²) in [5, 5.41) is 0. The van der Waals surface area contributed by atoms with Gasteiger partial charge in [0.2, 0.25) is 0 Å². The van der Waals surface area contributed by atoms with Gasteiger partial charge in [0.05, 0.1) is 6.54 Å². The Labute approximate surface area is 163 Å². The van der Waals surface area contributed by atoms with Crippen LogP contribution in [0.4, 0.5) is 4.39 Å². The lowest BCUT2D eigenvalue weighted by atomic mass is 9.95. The van der Waals surface area contributed by atoms with E-state index >= 15 is 0 Å². The molecule has 3 aromatic rings. The minimum absolute atomic E-state index is 0.101. The number of aromatic nitrogens is 3. The molecule has 0 radical (unpaired) electrons. The van der Waals surface area contributed by atoms with E-state index in [1.807, 2.05) is 29.6 Å². The number of imidazole rings is 1. The Morgan fingerprint density at radius 3 is 2.75 bits per heavy atom. The molecular formula is C22H23FN4O. The fourth-order valence-electron chi connectivity index (χ4n) is 3.75. The molecule has 2 aromatic heterocycles. The van der Waals surface area contributed by atoms with E-state index in [0.717, 1.165) is 30.8 Å². The number of amides is 1. The predicted molar refractivity (Wildman–Crippen MR) is 105 cm³/mol. The summed E-state index contributed by atoms with van der Waals surface area (Å²) in [5.74, 6) is 0.928. The summed E-state index contributed by atoms with van der Waals surface area (Å²) in [5.41, 5.74) is 2.10. The number of piperidine rings is 1. The largest absolute Gasteiger partial charge is 0.339 e. The molecule has 3 heterocycles. The molecule has 4 rings (SSSR count). The Morgan fingerprint density at radius 2 is 2.04 bits per heavy atom.